The summed E-state index contributed by atoms with van der Waals surface area (Å²) in [5, 5.41) is 19.8. The molecule has 0 unspecified atom stereocenters. The molecule has 11 rings (SSSR count). The van der Waals surface area contributed by atoms with Crippen molar-refractivity contribution < 1.29 is 0 Å². The molecule has 13 heteroatoms. The minimum absolute atomic E-state index is 0.485. The molecule has 0 saturated heterocycles. The highest BCUT2D eigenvalue weighted by atomic mass is 15.1. The van der Waals surface area contributed by atoms with Crippen molar-refractivity contribution in [2.45, 2.75) is 138 Å². The summed E-state index contributed by atoms with van der Waals surface area (Å²) < 4.78 is 0. The molecule has 8 heterocycles. The summed E-state index contributed by atoms with van der Waals surface area (Å²) in [5.74, 6) is 3.77. The molecule has 0 aliphatic heterocycles. The zero-order chi connectivity index (χ0) is 57.1. The third kappa shape index (κ3) is 20.8. The van der Waals surface area contributed by atoms with E-state index in [1.165, 1.54) is 44.2 Å². The Morgan fingerprint density at radius 3 is 1.41 bits per heavy atom. The first-order valence-electron chi connectivity index (χ1n) is 27.2. The number of benzene rings is 3. The van der Waals surface area contributed by atoms with Gasteiger partial charge in [-0.15, -0.1) is 0 Å². The lowest BCUT2D eigenvalue weighted by Crippen LogP contribution is -1.91. The molecule has 0 atom stereocenters. The molecular weight excluding hydrogens is 975 g/mol. The van der Waals surface area contributed by atoms with Crippen LogP contribution in [0.25, 0.3) is 43.7 Å². The van der Waals surface area contributed by atoms with Crippen LogP contribution in [0.5, 0.6) is 0 Å². The largest absolute Gasteiger partial charge is 0.261 e. The normalized spacial score (nSPS) is 10.7. The van der Waals surface area contributed by atoms with Gasteiger partial charge in [-0.2, -0.15) is 20.4 Å². The van der Waals surface area contributed by atoms with Gasteiger partial charge in [0.05, 0.1) is 40.8 Å². The topological polar surface area (TPSA) is 168 Å². The van der Waals surface area contributed by atoms with Crippen molar-refractivity contribution in [3.63, 3.8) is 0 Å². The molecule has 0 N–H and O–H groups in total. The summed E-state index contributed by atoms with van der Waals surface area (Å²) in [6.45, 7) is 30.2. The van der Waals surface area contributed by atoms with Crippen molar-refractivity contribution in [2.24, 2.45) is 0 Å². The van der Waals surface area contributed by atoms with Gasteiger partial charge in [0, 0.05) is 89.7 Å². The van der Waals surface area contributed by atoms with E-state index in [1.807, 2.05) is 67.3 Å². The third-order valence-corrected chi connectivity index (χ3v) is 12.5. The van der Waals surface area contributed by atoms with E-state index < -0.39 is 0 Å². The molecule has 0 amide bonds. The molecule has 408 valence electrons. The maximum absolute atomic E-state index is 4.40. The van der Waals surface area contributed by atoms with E-state index in [2.05, 4.69) is 211 Å². The molecule has 13 nitrogen and oxygen atoms in total. The molecule has 0 saturated carbocycles. The average molecular weight is 1050 g/mol. The smallest absolute Gasteiger partial charge is 0.159 e. The van der Waals surface area contributed by atoms with Crippen molar-refractivity contribution in [1.29, 1.82) is 0 Å². The quantitative estimate of drug-likeness (QED) is 0.148. The fourth-order valence-corrected chi connectivity index (χ4v) is 7.27. The Morgan fingerprint density at radius 2 is 0.823 bits per heavy atom. The van der Waals surface area contributed by atoms with Gasteiger partial charge in [-0.3, -0.25) is 24.9 Å². The van der Waals surface area contributed by atoms with Crippen LogP contribution in [0.4, 0.5) is 0 Å². The van der Waals surface area contributed by atoms with E-state index in [4.69, 9.17) is 0 Å². The monoisotopic (exact) mass is 1050 g/mol. The summed E-state index contributed by atoms with van der Waals surface area (Å²) in [7, 11) is 0. The van der Waals surface area contributed by atoms with Crippen LogP contribution in [-0.2, 0) is 0 Å². The standard InChI is InChI=1S/C12H13N.3C11H12N2.3C7H10N2/c1-9(2)11-7-10-5-3-4-6-12(10)13-8-11;1-8(2)9-3-4-10-6-12-13-7-11(10)5-9;1-8(2)9-3-4-10-11(7-9)13-6-5-12-10;1-8(2)10-6-9-4-3-5-12-11(9)13-7-10;1-6(2)7-3-8-5-9-4-7;1-6(2)7-5-8-3-4-9-7;1-6(2)7-3-4-8-9-5-7/h3-9H,1-2H3;3*3-8H,1-2H3;3*3-6H,1-2H3. The van der Waals surface area contributed by atoms with Gasteiger partial charge in [0.25, 0.3) is 0 Å². The maximum Gasteiger partial charge on any atom is 0.159 e. The highest BCUT2D eigenvalue weighted by Gasteiger charge is 2.05. The Hall–Kier alpha value is -8.45. The van der Waals surface area contributed by atoms with E-state index in [1.54, 1.807) is 68.3 Å². The fourth-order valence-electron chi connectivity index (χ4n) is 7.27. The van der Waals surface area contributed by atoms with Crippen molar-refractivity contribution in [3.8, 4) is 0 Å². The molecule has 0 aliphatic rings. The lowest BCUT2D eigenvalue weighted by molar-refractivity contribution is 0.812. The Kier molecular flexibility index (Phi) is 25.1. The predicted octanol–water partition coefficient (Wildman–Crippen LogP) is 16.4. The van der Waals surface area contributed by atoms with E-state index >= 15 is 0 Å². The van der Waals surface area contributed by atoms with Gasteiger partial charge in [-0.05, 0) is 129 Å². The Bertz CT molecular complexity index is 3030. The molecule has 0 fully saturated rings. The number of nitrogens with zero attached hydrogens (tertiary/aromatic N) is 13. The van der Waals surface area contributed by atoms with E-state index in [-0.39, 0.29) is 0 Å². The number of hydrogen-bond donors (Lipinski definition) is 0. The highest BCUT2D eigenvalue weighted by molar-refractivity contribution is 5.81. The average Bonchev–Trinajstić information content (AvgIpc) is 3.48. The highest BCUT2D eigenvalue weighted by Crippen LogP contribution is 2.22. The van der Waals surface area contributed by atoms with Crippen LogP contribution >= 0.6 is 0 Å². The number of pyridine rings is 3. The van der Waals surface area contributed by atoms with Crippen molar-refractivity contribution >= 4 is 43.7 Å². The van der Waals surface area contributed by atoms with Gasteiger partial charge in [0.2, 0.25) is 0 Å². The second-order valence-corrected chi connectivity index (χ2v) is 21.0. The van der Waals surface area contributed by atoms with Gasteiger partial charge < -0.3 is 0 Å². The molecule has 8 aromatic heterocycles. The van der Waals surface area contributed by atoms with Crippen LogP contribution in [0, 0.1) is 0 Å². The molecule has 3 aromatic carbocycles. The first-order valence-corrected chi connectivity index (χ1v) is 27.2. The molecule has 79 heavy (non-hydrogen) atoms. The molecular formula is C66H79N13. The summed E-state index contributed by atoms with van der Waals surface area (Å²) in [6.07, 6.45) is 26.6. The Morgan fingerprint density at radius 1 is 0.266 bits per heavy atom. The predicted molar refractivity (Wildman–Crippen MR) is 325 cm³/mol. The summed E-state index contributed by atoms with van der Waals surface area (Å²) in [6, 6.07) is 31.2. The summed E-state index contributed by atoms with van der Waals surface area (Å²) in [4.78, 5) is 37.2. The fraction of sp³-hybridized carbons (Fsp3) is 0.318. The van der Waals surface area contributed by atoms with Gasteiger partial charge in [-0.1, -0.05) is 133 Å². The third-order valence-electron chi connectivity index (χ3n) is 12.5. The van der Waals surface area contributed by atoms with Gasteiger partial charge >= 0.3 is 0 Å². The van der Waals surface area contributed by atoms with Crippen LogP contribution in [0.3, 0.4) is 0 Å². The van der Waals surface area contributed by atoms with Crippen molar-refractivity contribution in [1.82, 2.24) is 65.3 Å². The Labute approximate surface area is 468 Å². The maximum atomic E-state index is 4.40. The molecule has 0 bridgehead atoms. The SMILES string of the molecule is CC(C)c1ccc2cnncc2c1.CC(C)c1ccc2nccnc2c1.CC(C)c1ccnnc1.CC(C)c1cnc2ccccc2c1.CC(C)c1cnc2ncccc2c1.CC(C)c1cnccn1.CC(C)c1cncnc1. The first-order chi connectivity index (χ1) is 38.0. The van der Waals surface area contributed by atoms with E-state index in [0.29, 0.717) is 41.4 Å². The van der Waals surface area contributed by atoms with Crippen LogP contribution in [-0.4, -0.2) is 65.3 Å². The van der Waals surface area contributed by atoms with Crippen LogP contribution < -0.4 is 0 Å². The number of para-hydroxylation sites is 1. The Balaban J connectivity index is 0.000000171. The van der Waals surface area contributed by atoms with Crippen LogP contribution in [0.1, 0.15) is 177 Å². The number of aromatic nitrogens is 13. The molecule has 11 aromatic rings. The second-order valence-electron chi connectivity index (χ2n) is 21.0. The van der Waals surface area contributed by atoms with Crippen LogP contribution in [0.2, 0.25) is 0 Å². The molecule has 0 aliphatic carbocycles. The lowest BCUT2D eigenvalue weighted by atomic mass is 10.0. The minimum Gasteiger partial charge on any atom is -0.261 e. The molecule has 0 spiro atoms. The van der Waals surface area contributed by atoms with Crippen molar-refractivity contribution in [3.05, 3.63) is 223 Å². The van der Waals surface area contributed by atoms with E-state index in [9.17, 15) is 0 Å². The zero-order valence-electron chi connectivity index (χ0n) is 48.7. The van der Waals surface area contributed by atoms with Crippen LogP contribution in [0.15, 0.2) is 184 Å². The number of rotatable bonds is 7. The molecule has 0 radical (unpaired) electrons. The first kappa shape index (κ1) is 61.4. The van der Waals surface area contributed by atoms with Gasteiger partial charge in [-0.25, -0.2) is 19.9 Å². The van der Waals surface area contributed by atoms with Crippen molar-refractivity contribution in [2.75, 3.05) is 0 Å². The summed E-state index contributed by atoms with van der Waals surface area (Å²) >= 11 is 0. The van der Waals surface area contributed by atoms with E-state index in [0.717, 1.165) is 38.7 Å². The zero-order valence-corrected chi connectivity index (χ0v) is 48.7. The number of fused-ring (bicyclic) bond motifs is 4. The second kappa shape index (κ2) is 32.3. The summed E-state index contributed by atoms with van der Waals surface area (Å²) in [5.41, 5.74) is 12.6. The lowest BCUT2D eigenvalue weighted by Gasteiger charge is -2.05. The number of hydrogen-bond acceptors (Lipinski definition) is 13. The van der Waals surface area contributed by atoms with Gasteiger partial charge in [0.15, 0.2) is 5.65 Å². The van der Waals surface area contributed by atoms with Gasteiger partial charge in [0.1, 0.15) is 6.33 Å². The minimum atomic E-state index is 0.485.